The lowest BCUT2D eigenvalue weighted by Gasteiger charge is -2.15. The number of aryl methyl sites for hydroxylation is 1. The molecule has 1 N–H and O–H groups in total. The van der Waals surface area contributed by atoms with Crippen LogP contribution in [0.4, 0.5) is 0 Å². The van der Waals surface area contributed by atoms with E-state index in [0.29, 0.717) is 12.1 Å². The smallest absolute Gasteiger partial charge is 0.138 e. The van der Waals surface area contributed by atoms with Crippen LogP contribution >= 0.6 is 0 Å². The summed E-state index contributed by atoms with van der Waals surface area (Å²) in [6.45, 7) is 9.75. The van der Waals surface area contributed by atoms with Crippen molar-refractivity contribution in [3.05, 3.63) is 12.2 Å². The van der Waals surface area contributed by atoms with Gasteiger partial charge in [-0.2, -0.15) is 5.10 Å². The molecule has 0 aliphatic heterocycles. The van der Waals surface area contributed by atoms with Crippen molar-refractivity contribution in [1.82, 2.24) is 20.1 Å². The maximum absolute atomic E-state index is 4.34. The van der Waals surface area contributed by atoms with Crippen molar-refractivity contribution in [2.24, 2.45) is 0 Å². The lowest BCUT2D eigenvalue weighted by molar-refractivity contribution is 0.452. The predicted octanol–water partition coefficient (Wildman–Crippen LogP) is 2.57. The topological polar surface area (TPSA) is 42.7 Å². The minimum absolute atomic E-state index is 0.406. The molecule has 0 amide bonds. The van der Waals surface area contributed by atoms with Gasteiger partial charge in [-0.05, 0) is 39.7 Å². The lowest BCUT2D eigenvalue weighted by atomic mass is 10.1. The minimum Gasteiger partial charge on any atom is -0.314 e. The molecule has 0 spiro atoms. The molecule has 0 aliphatic rings. The Morgan fingerprint density at radius 2 is 2.12 bits per heavy atom. The Labute approximate surface area is 105 Å². The molecule has 1 aromatic rings. The molecule has 1 heterocycles. The summed E-state index contributed by atoms with van der Waals surface area (Å²) in [6.07, 6.45) is 6.29. The molecule has 1 rings (SSSR count). The summed E-state index contributed by atoms with van der Waals surface area (Å²) in [5.41, 5.74) is 0. The predicted molar refractivity (Wildman–Crippen MR) is 71.1 cm³/mol. The molecule has 1 unspecified atom stereocenters. The van der Waals surface area contributed by atoms with Gasteiger partial charge in [-0.25, -0.2) is 9.67 Å². The minimum atomic E-state index is 0.406. The van der Waals surface area contributed by atoms with E-state index in [4.69, 9.17) is 0 Å². The van der Waals surface area contributed by atoms with Crippen LogP contribution in [0, 0.1) is 0 Å². The zero-order valence-electron chi connectivity index (χ0n) is 11.6. The van der Waals surface area contributed by atoms with Crippen LogP contribution in [0.25, 0.3) is 0 Å². The van der Waals surface area contributed by atoms with Crippen molar-refractivity contribution >= 4 is 0 Å². The Kier molecular flexibility index (Phi) is 6.19. The second-order valence-electron chi connectivity index (χ2n) is 4.77. The molecule has 0 aliphatic carbocycles. The van der Waals surface area contributed by atoms with Crippen molar-refractivity contribution in [1.29, 1.82) is 0 Å². The molecule has 0 fully saturated rings. The summed E-state index contributed by atoms with van der Waals surface area (Å²) in [5.74, 6) is 1.12. The fourth-order valence-electron chi connectivity index (χ4n) is 2.13. The number of nitrogens with one attached hydrogen (secondary N) is 1. The molecule has 0 saturated carbocycles. The molecule has 0 bridgehead atoms. The molecule has 0 saturated heterocycles. The highest BCUT2D eigenvalue weighted by molar-refractivity contribution is 4.86. The first-order valence-electron chi connectivity index (χ1n) is 6.80. The van der Waals surface area contributed by atoms with Gasteiger partial charge in [-0.3, -0.25) is 0 Å². The summed E-state index contributed by atoms with van der Waals surface area (Å²) in [7, 11) is 0. The van der Waals surface area contributed by atoms with E-state index in [-0.39, 0.29) is 0 Å². The van der Waals surface area contributed by atoms with Gasteiger partial charge in [0.1, 0.15) is 12.2 Å². The van der Waals surface area contributed by atoms with E-state index < -0.39 is 0 Å². The number of rotatable bonds is 8. The molecule has 17 heavy (non-hydrogen) atoms. The molecule has 98 valence electrons. The first kappa shape index (κ1) is 14.2. The molecule has 4 nitrogen and oxygen atoms in total. The second-order valence-corrected chi connectivity index (χ2v) is 4.77. The molecule has 4 heteroatoms. The van der Waals surface area contributed by atoms with Crippen LogP contribution in [0.2, 0.25) is 0 Å². The second kappa shape index (κ2) is 7.43. The molecule has 0 radical (unpaired) electrons. The van der Waals surface area contributed by atoms with Crippen LogP contribution in [-0.4, -0.2) is 27.4 Å². The van der Waals surface area contributed by atoms with Crippen LogP contribution in [0.1, 0.15) is 58.8 Å². The molecular weight excluding hydrogens is 212 g/mol. The third-order valence-corrected chi connectivity index (χ3v) is 3.07. The molecular formula is C13H26N4. The van der Waals surface area contributed by atoms with E-state index in [1.165, 1.54) is 19.3 Å². The fraction of sp³-hybridized carbons (Fsp3) is 0.846. The summed E-state index contributed by atoms with van der Waals surface area (Å²) < 4.78 is 2.02. The van der Waals surface area contributed by atoms with Gasteiger partial charge in [0.25, 0.3) is 0 Å². The fourth-order valence-corrected chi connectivity index (χ4v) is 2.13. The highest BCUT2D eigenvalue weighted by Gasteiger charge is 2.09. The maximum atomic E-state index is 4.34. The zero-order valence-corrected chi connectivity index (χ0v) is 11.6. The van der Waals surface area contributed by atoms with Gasteiger partial charge in [0.15, 0.2) is 0 Å². The van der Waals surface area contributed by atoms with Crippen molar-refractivity contribution in [3.63, 3.8) is 0 Å². The molecule has 1 atom stereocenters. The quantitative estimate of drug-likeness (QED) is 0.757. The largest absolute Gasteiger partial charge is 0.314 e. The van der Waals surface area contributed by atoms with Gasteiger partial charge in [0.2, 0.25) is 0 Å². The van der Waals surface area contributed by atoms with Crippen molar-refractivity contribution in [2.75, 3.05) is 6.54 Å². The third kappa shape index (κ3) is 4.46. The van der Waals surface area contributed by atoms with Gasteiger partial charge in [-0.15, -0.1) is 0 Å². The van der Waals surface area contributed by atoms with E-state index in [0.717, 1.165) is 18.8 Å². The van der Waals surface area contributed by atoms with Crippen LogP contribution in [-0.2, 0) is 6.42 Å². The standard InChI is InChI=1S/C13H26N4/c1-5-12(14-6-2)8-7-9-13-15-10-16-17(13)11(3)4/h10-12,14H,5-9H2,1-4H3. The van der Waals surface area contributed by atoms with Gasteiger partial charge in [0, 0.05) is 18.5 Å². The van der Waals surface area contributed by atoms with E-state index in [1.54, 1.807) is 6.33 Å². The van der Waals surface area contributed by atoms with Gasteiger partial charge in [0.05, 0.1) is 0 Å². The van der Waals surface area contributed by atoms with E-state index in [1.807, 2.05) is 4.68 Å². The van der Waals surface area contributed by atoms with Crippen LogP contribution in [0.15, 0.2) is 6.33 Å². The van der Waals surface area contributed by atoms with Gasteiger partial charge in [-0.1, -0.05) is 13.8 Å². The van der Waals surface area contributed by atoms with Crippen molar-refractivity contribution in [2.45, 2.75) is 65.5 Å². The Hall–Kier alpha value is -0.900. The number of hydrogen-bond donors (Lipinski definition) is 1. The zero-order chi connectivity index (χ0) is 12.7. The Bertz CT molecular complexity index is 306. The lowest BCUT2D eigenvalue weighted by Crippen LogP contribution is -2.28. The highest BCUT2D eigenvalue weighted by Crippen LogP contribution is 2.10. The third-order valence-electron chi connectivity index (χ3n) is 3.07. The van der Waals surface area contributed by atoms with Crippen LogP contribution in [0.3, 0.4) is 0 Å². The summed E-state index contributed by atoms with van der Waals surface area (Å²) in [4.78, 5) is 4.34. The Morgan fingerprint density at radius 3 is 2.71 bits per heavy atom. The van der Waals surface area contributed by atoms with Gasteiger partial charge >= 0.3 is 0 Å². The average molecular weight is 238 g/mol. The summed E-state index contributed by atoms with van der Waals surface area (Å²) in [5, 5.41) is 7.77. The van der Waals surface area contributed by atoms with Crippen LogP contribution < -0.4 is 5.32 Å². The van der Waals surface area contributed by atoms with E-state index >= 15 is 0 Å². The first-order chi connectivity index (χ1) is 8.19. The molecule has 0 aromatic carbocycles. The monoisotopic (exact) mass is 238 g/mol. The SMILES string of the molecule is CCNC(CC)CCCc1ncnn1C(C)C. The molecule has 1 aromatic heterocycles. The number of hydrogen-bond acceptors (Lipinski definition) is 3. The van der Waals surface area contributed by atoms with E-state index in [9.17, 15) is 0 Å². The Balaban J connectivity index is 2.37. The Morgan fingerprint density at radius 1 is 1.35 bits per heavy atom. The van der Waals surface area contributed by atoms with Crippen LogP contribution in [0.5, 0.6) is 0 Å². The van der Waals surface area contributed by atoms with E-state index in [2.05, 4.69) is 43.1 Å². The van der Waals surface area contributed by atoms with Crippen molar-refractivity contribution in [3.8, 4) is 0 Å². The maximum Gasteiger partial charge on any atom is 0.138 e. The number of nitrogens with zero attached hydrogens (tertiary/aromatic N) is 3. The summed E-state index contributed by atoms with van der Waals surface area (Å²) in [6, 6.07) is 1.05. The number of aromatic nitrogens is 3. The highest BCUT2D eigenvalue weighted by atomic mass is 15.3. The van der Waals surface area contributed by atoms with Gasteiger partial charge < -0.3 is 5.32 Å². The van der Waals surface area contributed by atoms with Crippen molar-refractivity contribution < 1.29 is 0 Å². The summed E-state index contributed by atoms with van der Waals surface area (Å²) >= 11 is 0. The first-order valence-corrected chi connectivity index (χ1v) is 6.80. The average Bonchev–Trinajstić information content (AvgIpc) is 2.76. The normalized spacial score (nSPS) is 13.2.